The van der Waals surface area contributed by atoms with Crippen LogP contribution in [0.2, 0.25) is 0 Å². The molecule has 2 N–H and O–H groups in total. The van der Waals surface area contributed by atoms with E-state index in [2.05, 4.69) is 15.2 Å². The summed E-state index contributed by atoms with van der Waals surface area (Å²) in [7, 11) is 0. The van der Waals surface area contributed by atoms with Crippen molar-refractivity contribution in [2.45, 2.75) is 19.4 Å². The number of nitrogens with zero attached hydrogens (tertiary/aromatic N) is 2. The molecule has 0 unspecified atom stereocenters. The number of pyridine rings is 1. The van der Waals surface area contributed by atoms with Crippen molar-refractivity contribution < 1.29 is 14.3 Å². The molecule has 0 radical (unpaired) electrons. The Morgan fingerprint density at radius 1 is 1.26 bits per heavy atom. The van der Waals surface area contributed by atoms with Gasteiger partial charge in [0.1, 0.15) is 5.82 Å². The Kier molecular flexibility index (Phi) is 4.41. The Bertz CT molecular complexity index is 697. The molecule has 0 bridgehead atoms. The predicted molar refractivity (Wildman–Crippen MR) is 85.9 cm³/mol. The Morgan fingerprint density at radius 2 is 1.96 bits per heavy atom. The first-order chi connectivity index (χ1) is 11.1. The number of benzene rings is 1. The van der Waals surface area contributed by atoms with Gasteiger partial charge < -0.3 is 15.3 Å². The van der Waals surface area contributed by atoms with Crippen LogP contribution in [0.25, 0.3) is 11.3 Å². The van der Waals surface area contributed by atoms with Crippen LogP contribution in [0.15, 0.2) is 36.5 Å². The van der Waals surface area contributed by atoms with Crippen molar-refractivity contribution in [2.75, 3.05) is 18.0 Å². The third-order valence-corrected chi connectivity index (χ3v) is 3.98. The molecule has 2 heterocycles. The largest absolute Gasteiger partial charge is 0.465 e. The number of aromatic nitrogens is 1. The first-order valence-corrected chi connectivity index (χ1v) is 7.60. The van der Waals surface area contributed by atoms with E-state index < -0.39 is 6.09 Å². The lowest BCUT2D eigenvalue weighted by molar-refractivity contribution is 0.194. The molecule has 120 valence electrons. The first kappa shape index (κ1) is 15.3. The average Bonchev–Trinajstić information content (AvgIpc) is 3.08. The minimum absolute atomic E-state index is 0.220. The van der Waals surface area contributed by atoms with E-state index in [1.807, 2.05) is 6.07 Å². The van der Waals surface area contributed by atoms with Crippen molar-refractivity contribution in [2.24, 2.45) is 0 Å². The van der Waals surface area contributed by atoms with E-state index in [9.17, 15) is 9.18 Å². The molecule has 1 aromatic heterocycles. The van der Waals surface area contributed by atoms with Crippen molar-refractivity contribution in [3.05, 3.63) is 47.9 Å². The maximum absolute atomic E-state index is 13.1. The highest BCUT2D eigenvalue weighted by atomic mass is 19.1. The van der Waals surface area contributed by atoms with E-state index >= 15 is 0 Å². The van der Waals surface area contributed by atoms with Gasteiger partial charge in [0, 0.05) is 42.6 Å². The molecule has 23 heavy (non-hydrogen) atoms. The van der Waals surface area contributed by atoms with Gasteiger partial charge in [0.05, 0.1) is 5.69 Å². The van der Waals surface area contributed by atoms with Gasteiger partial charge in [0.15, 0.2) is 0 Å². The second-order valence-electron chi connectivity index (χ2n) is 5.56. The van der Waals surface area contributed by atoms with E-state index in [1.54, 1.807) is 18.3 Å². The molecule has 1 aliphatic rings. The quantitative estimate of drug-likeness (QED) is 0.909. The average molecular weight is 315 g/mol. The van der Waals surface area contributed by atoms with Gasteiger partial charge in [0.2, 0.25) is 0 Å². The number of halogens is 1. The van der Waals surface area contributed by atoms with Crippen molar-refractivity contribution in [3.8, 4) is 11.3 Å². The second-order valence-corrected chi connectivity index (χ2v) is 5.56. The topological polar surface area (TPSA) is 65.5 Å². The molecule has 1 amide bonds. The van der Waals surface area contributed by atoms with Crippen LogP contribution in [0.3, 0.4) is 0 Å². The minimum Gasteiger partial charge on any atom is -0.465 e. The predicted octanol–water partition coefficient (Wildman–Crippen LogP) is 3.26. The molecule has 1 aromatic carbocycles. The Morgan fingerprint density at radius 3 is 2.61 bits per heavy atom. The number of rotatable bonds is 4. The number of nitrogens with one attached hydrogen (secondary N) is 1. The lowest BCUT2D eigenvalue weighted by Crippen LogP contribution is -2.24. The van der Waals surface area contributed by atoms with E-state index in [1.165, 1.54) is 12.1 Å². The van der Waals surface area contributed by atoms with E-state index in [0.29, 0.717) is 0 Å². The van der Waals surface area contributed by atoms with E-state index in [0.717, 1.165) is 48.4 Å². The van der Waals surface area contributed by atoms with Crippen molar-refractivity contribution in [1.82, 2.24) is 10.3 Å². The summed E-state index contributed by atoms with van der Waals surface area (Å²) in [6.07, 6.45) is 2.89. The molecule has 1 saturated heterocycles. The summed E-state index contributed by atoms with van der Waals surface area (Å²) in [5.74, 6) is -0.282. The van der Waals surface area contributed by atoms with Crippen LogP contribution in [-0.2, 0) is 6.54 Å². The fourth-order valence-electron chi connectivity index (χ4n) is 2.81. The standard InChI is InChI=1S/C17H18FN3O2/c18-14-5-3-12(4-6-14)15-9-16(21-7-1-2-8-21)13(10-19-15)11-20-17(22)23/h3-6,9-10,20H,1-2,7-8,11H2,(H,22,23). The SMILES string of the molecule is O=C(O)NCc1cnc(-c2ccc(F)cc2)cc1N1CCCC1. The molecule has 0 aliphatic carbocycles. The molecule has 1 fully saturated rings. The Hall–Kier alpha value is -2.63. The molecule has 0 spiro atoms. The number of hydrogen-bond donors (Lipinski definition) is 2. The van der Waals surface area contributed by atoms with Gasteiger partial charge in [-0.1, -0.05) is 0 Å². The summed E-state index contributed by atoms with van der Waals surface area (Å²) in [4.78, 5) is 17.4. The van der Waals surface area contributed by atoms with E-state index in [-0.39, 0.29) is 12.4 Å². The molecule has 0 saturated carbocycles. The van der Waals surface area contributed by atoms with Gasteiger partial charge in [0.25, 0.3) is 0 Å². The van der Waals surface area contributed by atoms with Gasteiger partial charge in [-0.15, -0.1) is 0 Å². The summed E-state index contributed by atoms with van der Waals surface area (Å²) >= 11 is 0. The lowest BCUT2D eigenvalue weighted by atomic mass is 10.1. The maximum atomic E-state index is 13.1. The molecule has 3 rings (SSSR count). The van der Waals surface area contributed by atoms with Crippen LogP contribution in [0.5, 0.6) is 0 Å². The first-order valence-electron chi connectivity index (χ1n) is 7.60. The number of carboxylic acid groups (broad SMARTS) is 1. The van der Waals surface area contributed by atoms with Crippen molar-refractivity contribution >= 4 is 11.8 Å². The summed E-state index contributed by atoms with van der Waals surface area (Å²) in [5, 5.41) is 11.2. The molecule has 6 heteroatoms. The molecule has 2 aromatic rings. The summed E-state index contributed by atoms with van der Waals surface area (Å²) < 4.78 is 13.1. The monoisotopic (exact) mass is 315 g/mol. The third-order valence-electron chi connectivity index (χ3n) is 3.98. The van der Waals surface area contributed by atoms with Gasteiger partial charge >= 0.3 is 6.09 Å². The molecule has 1 aliphatic heterocycles. The van der Waals surface area contributed by atoms with Crippen LogP contribution < -0.4 is 10.2 Å². The van der Waals surface area contributed by atoms with Gasteiger partial charge in [-0.2, -0.15) is 0 Å². The zero-order valence-electron chi connectivity index (χ0n) is 12.6. The van der Waals surface area contributed by atoms with Crippen LogP contribution in [-0.4, -0.2) is 29.3 Å². The Balaban J connectivity index is 1.94. The second kappa shape index (κ2) is 6.64. The van der Waals surface area contributed by atoms with Crippen molar-refractivity contribution in [1.29, 1.82) is 0 Å². The highest BCUT2D eigenvalue weighted by molar-refractivity contribution is 5.68. The fourth-order valence-corrected chi connectivity index (χ4v) is 2.81. The smallest absolute Gasteiger partial charge is 0.404 e. The minimum atomic E-state index is -1.06. The summed E-state index contributed by atoms with van der Waals surface area (Å²) in [6.45, 7) is 2.12. The van der Waals surface area contributed by atoms with Crippen LogP contribution >= 0.6 is 0 Å². The van der Waals surface area contributed by atoms with Gasteiger partial charge in [-0.05, 0) is 43.2 Å². The van der Waals surface area contributed by atoms with Gasteiger partial charge in [-0.3, -0.25) is 4.98 Å². The lowest BCUT2D eigenvalue weighted by Gasteiger charge is -2.22. The maximum Gasteiger partial charge on any atom is 0.404 e. The number of hydrogen-bond acceptors (Lipinski definition) is 3. The molecule has 5 nitrogen and oxygen atoms in total. The zero-order chi connectivity index (χ0) is 16.2. The molecule has 0 atom stereocenters. The number of anilines is 1. The zero-order valence-corrected chi connectivity index (χ0v) is 12.6. The van der Waals surface area contributed by atoms with Crippen LogP contribution in [0.4, 0.5) is 14.9 Å². The summed E-state index contributed by atoms with van der Waals surface area (Å²) in [5.41, 5.74) is 3.43. The number of amides is 1. The van der Waals surface area contributed by atoms with Crippen LogP contribution in [0, 0.1) is 5.82 Å². The van der Waals surface area contributed by atoms with Crippen molar-refractivity contribution in [3.63, 3.8) is 0 Å². The third kappa shape index (κ3) is 3.59. The highest BCUT2D eigenvalue weighted by Crippen LogP contribution is 2.29. The number of carbonyl (C=O) groups is 1. The summed E-state index contributed by atoms with van der Waals surface area (Å²) in [6, 6.07) is 8.16. The molecular formula is C17H18FN3O2. The Labute approximate surface area is 133 Å². The fraction of sp³-hybridized carbons (Fsp3) is 0.294. The van der Waals surface area contributed by atoms with Crippen LogP contribution in [0.1, 0.15) is 18.4 Å². The van der Waals surface area contributed by atoms with Gasteiger partial charge in [-0.25, -0.2) is 9.18 Å². The highest BCUT2D eigenvalue weighted by Gasteiger charge is 2.17. The van der Waals surface area contributed by atoms with E-state index in [4.69, 9.17) is 5.11 Å². The normalized spacial score (nSPS) is 14.0. The molecular weight excluding hydrogens is 297 g/mol.